The minimum absolute atomic E-state index is 0.105. The van der Waals surface area contributed by atoms with Crippen molar-refractivity contribution in [3.8, 4) is 5.75 Å². The lowest BCUT2D eigenvalue weighted by Crippen LogP contribution is -2.10. The van der Waals surface area contributed by atoms with Gasteiger partial charge in [-0.25, -0.2) is 0 Å². The Hall–Kier alpha value is -1.55. The number of hydrogen-bond donors (Lipinski definition) is 1. The number of rotatable bonds is 4. The fourth-order valence-corrected chi connectivity index (χ4v) is 1.46. The Kier molecular flexibility index (Phi) is 3.10. The van der Waals surface area contributed by atoms with Crippen molar-refractivity contribution in [2.24, 2.45) is 0 Å². The molecule has 1 aliphatic rings. The molecule has 2 rings (SSSR count). The first kappa shape index (κ1) is 11.0. The summed E-state index contributed by atoms with van der Waals surface area (Å²) in [6.07, 6.45) is 0.471. The third-order valence-corrected chi connectivity index (χ3v) is 2.44. The van der Waals surface area contributed by atoms with Gasteiger partial charge in [-0.15, -0.1) is 0 Å². The number of amides is 1. The second kappa shape index (κ2) is 4.53. The van der Waals surface area contributed by atoms with Gasteiger partial charge in [-0.05, 0) is 19.1 Å². The van der Waals surface area contributed by atoms with Crippen LogP contribution in [0.3, 0.4) is 0 Å². The van der Waals surface area contributed by atoms with E-state index in [1.54, 1.807) is 0 Å². The summed E-state index contributed by atoms with van der Waals surface area (Å²) in [5, 5.41) is 2.72. The zero-order chi connectivity index (χ0) is 11.5. The molecule has 0 saturated carbocycles. The van der Waals surface area contributed by atoms with Gasteiger partial charge in [0.2, 0.25) is 5.91 Å². The SMILES string of the molecule is CC(=O)Nc1ccccc1OCC1O[C@H]1C. The maximum absolute atomic E-state index is 11.0. The van der Waals surface area contributed by atoms with Crippen LogP contribution < -0.4 is 10.1 Å². The van der Waals surface area contributed by atoms with E-state index in [1.165, 1.54) is 6.92 Å². The van der Waals surface area contributed by atoms with Crippen molar-refractivity contribution in [2.45, 2.75) is 26.1 Å². The van der Waals surface area contributed by atoms with E-state index in [0.717, 1.165) is 0 Å². The van der Waals surface area contributed by atoms with Crippen molar-refractivity contribution in [1.82, 2.24) is 0 Å². The van der Waals surface area contributed by atoms with Gasteiger partial charge in [0.25, 0.3) is 0 Å². The van der Waals surface area contributed by atoms with E-state index in [9.17, 15) is 4.79 Å². The first-order valence-corrected chi connectivity index (χ1v) is 5.31. The van der Waals surface area contributed by atoms with Crippen molar-refractivity contribution in [3.05, 3.63) is 24.3 Å². The largest absolute Gasteiger partial charge is 0.489 e. The molecule has 0 aromatic heterocycles. The molecule has 0 aliphatic carbocycles. The molecule has 2 atom stereocenters. The predicted octanol–water partition coefficient (Wildman–Crippen LogP) is 1.81. The highest BCUT2D eigenvalue weighted by Crippen LogP contribution is 2.27. The van der Waals surface area contributed by atoms with Gasteiger partial charge in [0, 0.05) is 6.92 Å². The molecular formula is C12H15NO3. The molecule has 86 valence electrons. The average Bonchev–Trinajstić information content (AvgIpc) is 2.93. The molecule has 4 heteroatoms. The van der Waals surface area contributed by atoms with Crippen LogP contribution in [0.1, 0.15) is 13.8 Å². The topological polar surface area (TPSA) is 50.9 Å². The Bertz CT molecular complexity index is 392. The molecule has 1 saturated heterocycles. The molecular weight excluding hydrogens is 206 g/mol. The minimum Gasteiger partial charge on any atom is -0.489 e. The quantitative estimate of drug-likeness (QED) is 0.789. The summed E-state index contributed by atoms with van der Waals surface area (Å²) < 4.78 is 10.8. The molecule has 0 radical (unpaired) electrons. The number of hydrogen-bond acceptors (Lipinski definition) is 3. The average molecular weight is 221 g/mol. The van der Waals surface area contributed by atoms with Crippen LogP contribution in [0.25, 0.3) is 0 Å². The van der Waals surface area contributed by atoms with E-state index in [1.807, 2.05) is 31.2 Å². The van der Waals surface area contributed by atoms with Crippen molar-refractivity contribution < 1.29 is 14.3 Å². The van der Waals surface area contributed by atoms with Gasteiger partial charge in [-0.3, -0.25) is 4.79 Å². The van der Waals surface area contributed by atoms with Crippen LogP contribution in [0.4, 0.5) is 5.69 Å². The molecule has 0 bridgehead atoms. The molecule has 0 spiro atoms. The maximum atomic E-state index is 11.0. The number of carbonyl (C=O) groups is 1. The molecule has 1 heterocycles. The number of anilines is 1. The fraction of sp³-hybridized carbons (Fsp3) is 0.417. The molecule has 4 nitrogen and oxygen atoms in total. The van der Waals surface area contributed by atoms with Crippen LogP contribution in [0, 0.1) is 0 Å². The number of epoxide rings is 1. The van der Waals surface area contributed by atoms with E-state index < -0.39 is 0 Å². The highest BCUT2D eigenvalue weighted by molar-refractivity contribution is 5.90. The third kappa shape index (κ3) is 2.73. The summed E-state index contributed by atoms with van der Waals surface area (Å²) in [6, 6.07) is 7.37. The lowest BCUT2D eigenvalue weighted by molar-refractivity contribution is -0.114. The zero-order valence-electron chi connectivity index (χ0n) is 9.40. The molecule has 1 aliphatic heterocycles. The van der Waals surface area contributed by atoms with Gasteiger partial charge < -0.3 is 14.8 Å². The highest BCUT2D eigenvalue weighted by atomic mass is 16.6. The fourth-order valence-electron chi connectivity index (χ4n) is 1.46. The van der Waals surface area contributed by atoms with Gasteiger partial charge in [0.15, 0.2) is 0 Å². The Morgan fingerprint density at radius 2 is 2.19 bits per heavy atom. The Labute approximate surface area is 94.6 Å². The summed E-state index contributed by atoms with van der Waals surface area (Å²) in [7, 11) is 0. The van der Waals surface area contributed by atoms with E-state index in [0.29, 0.717) is 18.0 Å². The predicted molar refractivity (Wildman–Crippen MR) is 60.6 cm³/mol. The standard InChI is InChI=1S/C12H15NO3/c1-8-12(16-8)7-15-11-6-4-3-5-10(11)13-9(2)14/h3-6,8,12H,7H2,1-2H3,(H,13,14)/t8-,12?/m0/s1. The third-order valence-electron chi connectivity index (χ3n) is 2.44. The summed E-state index contributed by atoms with van der Waals surface area (Å²) in [6.45, 7) is 4.01. The van der Waals surface area contributed by atoms with Crippen molar-refractivity contribution >= 4 is 11.6 Å². The van der Waals surface area contributed by atoms with Gasteiger partial charge in [-0.1, -0.05) is 12.1 Å². The second-order valence-corrected chi connectivity index (χ2v) is 3.87. The molecule has 1 N–H and O–H groups in total. The van der Waals surface area contributed by atoms with Crippen LogP contribution in [0.2, 0.25) is 0 Å². The minimum atomic E-state index is -0.105. The number of carbonyl (C=O) groups excluding carboxylic acids is 1. The van der Waals surface area contributed by atoms with Crippen LogP contribution in [0.5, 0.6) is 5.75 Å². The first-order chi connectivity index (χ1) is 7.66. The zero-order valence-corrected chi connectivity index (χ0v) is 9.40. The number of para-hydroxylation sites is 2. The normalized spacial score (nSPS) is 22.6. The Balaban J connectivity index is 1.98. The summed E-state index contributed by atoms with van der Waals surface area (Å²) in [5.41, 5.74) is 0.698. The lowest BCUT2D eigenvalue weighted by atomic mass is 10.3. The lowest BCUT2D eigenvalue weighted by Gasteiger charge is -2.10. The van der Waals surface area contributed by atoms with Crippen molar-refractivity contribution in [2.75, 3.05) is 11.9 Å². The Morgan fingerprint density at radius 1 is 1.50 bits per heavy atom. The van der Waals surface area contributed by atoms with Crippen LogP contribution in [0.15, 0.2) is 24.3 Å². The smallest absolute Gasteiger partial charge is 0.221 e. The molecule has 1 aromatic carbocycles. The molecule has 1 aromatic rings. The molecule has 1 unspecified atom stereocenters. The molecule has 1 fully saturated rings. The van der Waals surface area contributed by atoms with E-state index >= 15 is 0 Å². The highest BCUT2D eigenvalue weighted by Gasteiger charge is 2.34. The number of nitrogens with one attached hydrogen (secondary N) is 1. The second-order valence-electron chi connectivity index (χ2n) is 3.87. The van der Waals surface area contributed by atoms with Crippen LogP contribution in [-0.4, -0.2) is 24.7 Å². The van der Waals surface area contributed by atoms with E-state index in [-0.39, 0.29) is 18.1 Å². The van der Waals surface area contributed by atoms with Gasteiger partial charge in [-0.2, -0.15) is 0 Å². The number of benzene rings is 1. The summed E-state index contributed by atoms with van der Waals surface area (Å²) in [5.74, 6) is 0.576. The van der Waals surface area contributed by atoms with E-state index in [4.69, 9.17) is 9.47 Å². The van der Waals surface area contributed by atoms with E-state index in [2.05, 4.69) is 5.32 Å². The van der Waals surface area contributed by atoms with Crippen LogP contribution in [-0.2, 0) is 9.53 Å². The summed E-state index contributed by atoms with van der Waals surface area (Å²) >= 11 is 0. The number of ether oxygens (including phenoxy) is 2. The van der Waals surface area contributed by atoms with Gasteiger partial charge in [0.05, 0.1) is 11.8 Å². The maximum Gasteiger partial charge on any atom is 0.221 e. The molecule has 1 amide bonds. The van der Waals surface area contributed by atoms with Gasteiger partial charge >= 0.3 is 0 Å². The van der Waals surface area contributed by atoms with Crippen molar-refractivity contribution in [1.29, 1.82) is 0 Å². The van der Waals surface area contributed by atoms with Crippen LogP contribution >= 0.6 is 0 Å². The van der Waals surface area contributed by atoms with Crippen molar-refractivity contribution in [3.63, 3.8) is 0 Å². The summed E-state index contributed by atoms with van der Waals surface area (Å²) in [4.78, 5) is 11.0. The molecule has 16 heavy (non-hydrogen) atoms. The van der Waals surface area contributed by atoms with Gasteiger partial charge in [0.1, 0.15) is 18.5 Å². The monoisotopic (exact) mass is 221 g/mol. The first-order valence-electron chi connectivity index (χ1n) is 5.31. The Morgan fingerprint density at radius 3 is 2.81 bits per heavy atom.